The van der Waals surface area contributed by atoms with Crippen LogP contribution in [0, 0.1) is 0 Å². The van der Waals surface area contributed by atoms with Crippen molar-refractivity contribution in [3.05, 3.63) is 0 Å². The highest BCUT2D eigenvalue weighted by Gasteiger charge is 2.25. The molecule has 0 spiro atoms. The summed E-state index contributed by atoms with van der Waals surface area (Å²) in [5.74, 6) is 0. The van der Waals surface area contributed by atoms with E-state index in [1.54, 1.807) is 0 Å². The van der Waals surface area contributed by atoms with Crippen molar-refractivity contribution in [2.24, 2.45) is 0 Å². The topological polar surface area (TPSA) is 0 Å². The lowest BCUT2D eigenvalue weighted by atomic mass is 10.1. The molecule has 0 saturated carbocycles. The van der Waals surface area contributed by atoms with Gasteiger partial charge < -0.3 is 0 Å². The van der Waals surface area contributed by atoms with Crippen LogP contribution in [0.15, 0.2) is 0 Å². The van der Waals surface area contributed by atoms with Crippen LogP contribution in [0.5, 0.6) is 0 Å². The van der Waals surface area contributed by atoms with Gasteiger partial charge in [0.15, 0.2) is 0 Å². The molecule has 0 aromatic rings. The van der Waals surface area contributed by atoms with E-state index in [9.17, 15) is 0 Å². The molecule has 0 atom stereocenters. The van der Waals surface area contributed by atoms with Crippen LogP contribution in [0.25, 0.3) is 0 Å². The maximum absolute atomic E-state index is 2.44. The Hall–Kier alpha value is 0.217. The highest BCUT2D eigenvalue weighted by molar-refractivity contribution is 6.61. The average molecular weight is 158 g/mol. The molecule has 0 rings (SSSR count). The van der Waals surface area contributed by atoms with Crippen LogP contribution in [-0.2, 0) is 0 Å². The molecule has 0 heterocycles. The third-order valence-electron chi connectivity index (χ3n) is 3.00. The van der Waals surface area contributed by atoms with Crippen LogP contribution in [0.1, 0.15) is 41.0 Å². The third-order valence-corrected chi connectivity index (χ3v) is 7.59. The molecule has 62 valence electrons. The summed E-state index contributed by atoms with van der Waals surface area (Å²) in [6.07, 6.45) is 1.37. The summed E-state index contributed by atoms with van der Waals surface area (Å²) in [4.78, 5) is 0. The van der Waals surface area contributed by atoms with Crippen molar-refractivity contribution in [1.82, 2.24) is 0 Å². The Morgan fingerprint density at radius 3 is 1.50 bits per heavy atom. The van der Waals surface area contributed by atoms with Crippen molar-refractivity contribution in [2.45, 2.75) is 58.2 Å². The minimum atomic E-state index is -0.401. The first-order valence-electron chi connectivity index (χ1n) is 4.58. The SMILES string of the molecule is CC[SiH](CC)C(C)(C)CC. The Kier molecular flexibility index (Phi) is 4.26. The van der Waals surface area contributed by atoms with Crippen molar-refractivity contribution in [1.29, 1.82) is 0 Å². The summed E-state index contributed by atoms with van der Waals surface area (Å²) in [5, 5.41) is 0.698. The Bertz CT molecular complexity index is 82.7. The van der Waals surface area contributed by atoms with E-state index in [-0.39, 0.29) is 0 Å². The summed E-state index contributed by atoms with van der Waals surface area (Å²) in [6.45, 7) is 11.9. The van der Waals surface area contributed by atoms with E-state index in [4.69, 9.17) is 0 Å². The van der Waals surface area contributed by atoms with Crippen molar-refractivity contribution >= 4 is 8.80 Å². The van der Waals surface area contributed by atoms with Gasteiger partial charge in [-0.05, 0) is 5.04 Å². The van der Waals surface area contributed by atoms with Gasteiger partial charge in [0.25, 0.3) is 0 Å². The molecule has 0 nitrogen and oxygen atoms in total. The quantitative estimate of drug-likeness (QED) is 0.550. The normalized spacial score (nSPS) is 12.6. The molecule has 0 bridgehead atoms. The van der Waals surface area contributed by atoms with Gasteiger partial charge in [-0.2, -0.15) is 0 Å². The minimum absolute atomic E-state index is 0.401. The van der Waals surface area contributed by atoms with E-state index in [1.807, 2.05) is 0 Å². The highest BCUT2D eigenvalue weighted by Crippen LogP contribution is 2.35. The van der Waals surface area contributed by atoms with E-state index < -0.39 is 8.80 Å². The van der Waals surface area contributed by atoms with Gasteiger partial charge >= 0.3 is 0 Å². The Morgan fingerprint density at radius 1 is 1.00 bits per heavy atom. The molecular weight excluding hydrogens is 136 g/mol. The Morgan fingerprint density at radius 2 is 1.40 bits per heavy atom. The predicted molar refractivity (Wildman–Crippen MR) is 52.4 cm³/mol. The van der Waals surface area contributed by atoms with Gasteiger partial charge in [0.1, 0.15) is 0 Å². The lowest BCUT2D eigenvalue weighted by Crippen LogP contribution is -2.25. The lowest BCUT2D eigenvalue weighted by Gasteiger charge is -2.30. The second-order valence-corrected chi connectivity index (χ2v) is 8.45. The Balaban J connectivity index is 3.97. The van der Waals surface area contributed by atoms with E-state index in [1.165, 1.54) is 18.5 Å². The monoisotopic (exact) mass is 158 g/mol. The van der Waals surface area contributed by atoms with Gasteiger partial charge in [-0.3, -0.25) is 0 Å². The highest BCUT2D eigenvalue weighted by atomic mass is 28.3. The predicted octanol–water partition coefficient (Wildman–Crippen LogP) is 3.44. The molecular formula is C9H22Si. The molecule has 0 radical (unpaired) electrons. The fourth-order valence-corrected chi connectivity index (χ4v) is 5.05. The van der Waals surface area contributed by atoms with Crippen molar-refractivity contribution in [3.8, 4) is 0 Å². The average Bonchev–Trinajstić information content (AvgIpc) is 1.90. The second kappa shape index (κ2) is 4.17. The van der Waals surface area contributed by atoms with Crippen molar-refractivity contribution in [2.75, 3.05) is 0 Å². The van der Waals surface area contributed by atoms with Gasteiger partial charge in [0.05, 0.1) is 0 Å². The van der Waals surface area contributed by atoms with Crippen molar-refractivity contribution in [3.63, 3.8) is 0 Å². The number of hydrogen-bond donors (Lipinski definition) is 0. The van der Waals surface area contributed by atoms with Gasteiger partial charge in [-0.15, -0.1) is 0 Å². The molecule has 0 aliphatic heterocycles. The molecule has 0 aromatic carbocycles. The van der Waals surface area contributed by atoms with Gasteiger partial charge in [0.2, 0.25) is 0 Å². The summed E-state index contributed by atoms with van der Waals surface area (Å²) in [6, 6.07) is 2.94. The molecule has 0 aliphatic rings. The molecule has 0 amide bonds. The molecule has 10 heavy (non-hydrogen) atoms. The van der Waals surface area contributed by atoms with E-state index in [0.717, 1.165) is 0 Å². The summed E-state index contributed by atoms with van der Waals surface area (Å²) in [7, 11) is -0.401. The molecule has 0 saturated heterocycles. The maximum atomic E-state index is 2.44. The summed E-state index contributed by atoms with van der Waals surface area (Å²) >= 11 is 0. The van der Waals surface area contributed by atoms with E-state index >= 15 is 0 Å². The zero-order chi connectivity index (χ0) is 8.20. The summed E-state index contributed by atoms with van der Waals surface area (Å²) in [5.41, 5.74) is 0. The van der Waals surface area contributed by atoms with Gasteiger partial charge in [0, 0.05) is 8.80 Å². The standard InChI is InChI=1S/C9H22Si/c1-6-9(4,5)10(7-2)8-3/h10H,6-8H2,1-5H3. The Labute approximate surface area is 67.6 Å². The molecule has 1 heteroatoms. The third kappa shape index (κ3) is 2.45. The number of hydrogen-bond acceptors (Lipinski definition) is 0. The zero-order valence-corrected chi connectivity index (χ0v) is 9.35. The van der Waals surface area contributed by atoms with Gasteiger partial charge in [-0.1, -0.05) is 53.1 Å². The first-order valence-corrected chi connectivity index (χ1v) is 6.79. The second-order valence-electron chi connectivity index (χ2n) is 3.86. The summed E-state index contributed by atoms with van der Waals surface area (Å²) < 4.78 is 0. The minimum Gasteiger partial charge on any atom is -0.0680 e. The van der Waals surface area contributed by atoms with Crippen LogP contribution in [0.3, 0.4) is 0 Å². The van der Waals surface area contributed by atoms with Gasteiger partial charge in [-0.25, -0.2) is 0 Å². The van der Waals surface area contributed by atoms with Crippen LogP contribution < -0.4 is 0 Å². The molecule has 0 aromatic heterocycles. The fourth-order valence-electron chi connectivity index (χ4n) is 1.68. The molecule has 0 N–H and O–H groups in total. The van der Waals surface area contributed by atoms with Crippen LogP contribution >= 0.6 is 0 Å². The largest absolute Gasteiger partial charge is 0.0680 e. The van der Waals surface area contributed by atoms with E-state index in [2.05, 4.69) is 34.6 Å². The molecule has 0 fully saturated rings. The molecule has 0 aliphatic carbocycles. The van der Waals surface area contributed by atoms with E-state index in [0.29, 0.717) is 5.04 Å². The first-order chi connectivity index (χ1) is 4.58. The fraction of sp³-hybridized carbons (Fsp3) is 1.00. The van der Waals surface area contributed by atoms with Crippen molar-refractivity contribution < 1.29 is 0 Å². The van der Waals surface area contributed by atoms with Crippen LogP contribution in [0.2, 0.25) is 17.1 Å². The lowest BCUT2D eigenvalue weighted by molar-refractivity contribution is 0.626. The van der Waals surface area contributed by atoms with Crippen LogP contribution in [-0.4, -0.2) is 8.80 Å². The smallest absolute Gasteiger partial charge is 0.0420 e. The maximum Gasteiger partial charge on any atom is 0.0420 e. The first kappa shape index (κ1) is 10.2. The zero-order valence-electron chi connectivity index (χ0n) is 8.20. The number of rotatable bonds is 4. The van der Waals surface area contributed by atoms with Crippen LogP contribution in [0.4, 0.5) is 0 Å². The molecule has 0 unspecified atom stereocenters.